The molecule has 1 unspecified atom stereocenters. The Hall–Kier alpha value is -2.41. The van der Waals surface area contributed by atoms with E-state index >= 15 is 0 Å². The first-order valence-electron chi connectivity index (χ1n) is 11.0. The topological polar surface area (TPSA) is 70.4 Å². The predicted molar refractivity (Wildman–Crippen MR) is 116 cm³/mol. The van der Waals surface area contributed by atoms with E-state index in [4.69, 9.17) is 4.99 Å². The zero-order valence-corrected chi connectivity index (χ0v) is 17.5. The maximum absolute atomic E-state index is 4.79. The van der Waals surface area contributed by atoms with Crippen LogP contribution in [0.25, 0.3) is 0 Å². The lowest BCUT2D eigenvalue weighted by Crippen LogP contribution is -2.44. The summed E-state index contributed by atoms with van der Waals surface area (Å²) in [5, 5.41) is 15.6. The third kappa shape index (κ3) is 5.15. The van der Waals surface area contributed by atoms with Gasteiger partial charge in [0.1, 0.15) is 12.4 Å². The van der Waals surface area contributed by atoms with Gasteiger partial charge in [-0.2, -0.15) is 0 Å². The van der Waals surface area contributed by atoms with Gasteiger partial charge in [-0.05, 0) is 44.7 Å². The summed E-state index contributed by atoms with van der Waals surface area (Å²) in [6.45, 7) is 7.65. The fourth-order valence-corrected chi connectivity index (χ4v) is 4.34. The van der Waals surface area contributed by atoms with Gasteiger partial charge in [-0.1, -0.05) is 30.3 Å². The first-order chi connectivity index (χ1) is 14.3. The van der Waals surface area contributed by atoms with Gasteiger partial charge in [0, 0.05) is 38.6 Å². The summed E-state index contributed by atoms with van der Waals surface area (Å²) in [5.74, 6) is 2.96. The molecular formula is C22H33N7. The second-order valence-corrected chi connectivity index (χ2v) is 7.97. The van der Waals surface area contributed by atoms with E-state index in [0.717, 1.165) is 50.2 Å². The zero-order valence-electron chi connectivity index (χ0n) is 17.5. The monoisotopic (exact) mass is 395 g/mol. The first kappa shape index (κ1) is 19.9. The number of guanidine groups is 1. The highest BCUT2D eigenvalue weighted by Crippen LogP contribution is 2.19. The zero-order chi connectivity index (χ0) is 19.9. The third-order valence-electron chi connectivity index (χ3n) is 5.89. The first-order valence-corrected chi connectivity index (χ1v) is 11.0. The average molecular weight is 396 g/mol. The van der Waals surface area contributed by atoms with Gasteiger partial charge < -0.3 is 15.2 Å². The quantitative estimate of drug-likeness (QED) is 0.556. The van der Waals surface area contributed by atoms with Gasteiger partial charge >= 0.3 is 0 Å². The standard InChI is InChI=1S/C22H33N7/c1-2-23-22(25-16-21-27-26-20-12-6-7-14-29(20)21)24-15-19-11-8-13-28(19)17-18-9-4-3-5-10-18/h3-5,9-10,19H,2,6-8,11-17H2,1H3,(H2,23,24,25). The predicted octanol–water partition coefficient (Wildman–Crippen LogP) is 2.33. The van der Waals surface area contributed by atoms with Crippen molar-refractivity contribution in [3.8, 4) is 0 Å². The molecule has 2 aromatic rings. The van der Waals surface area contributed by atoms with Gasteiger partial charge in [-0.3, -0.25) is 4.90 Å². The van der Waals surface area contributed by atoms with E-state index in [1.165, 1.54) is 37.8 Å². The van der Waals surface area contributed by atoms with Crippen LogP contribution in [0, 0.1) is 0 Å². The number of hydrogen-bond donors (Lipinski definition) is 2. The van der Waals surface area contributed by atoms with Gasteiger partial charge in [0.15, 0.2) is 11.8 Å². The Balaban J connectivity index is 1.34. The van der Waals surface area contributed by atoms with Crippen LogP contribution in [0.1, 0.15) is 49.8 Å². The lowest BCUT2D eigenvalue weighted by Gasteiger charge is -2.25. The van der Waals surface area contributed by atoms with Crippen molar-refractivity contribution in [2.75, 3.05) is 19.6 Å². The summed E-state index contributed by atoms with van der Waals surface area (Å²) >= 11 is 0. The summed E-state index contributed by atoms with van der Waals surface area (Å²) in [5.41, 5.74) is 1.39. The minimum Gasteiger partial charge on any atom is -0.357 e. The highest BCUT2D eigenvalue weighted by atomic mass is 15.3. The van der Waals surface area contributed by atoms with E-state index in [0.29, 0.717) is 12.6 Å². The lowest BCUT2D eigenvalue weighted by molar-refractivity contribution is 0.245. The van der Waals surface area contributed by atoms with E-state index in [2.05, 4.69) is 67.6 Å². The summed E-state index contributed by atoms with van der Waals surface area (Å²) in [6, 6.07) is 11.3. The molecule has 0 spiro atoms. The molecule has 7 heteroatoms. The number of nitrogens with one attached hydrogen (secondary N) is 2. The van der Waals surface area contributed by atoms with Crippen LogP contribution in [0.5, 0.6) is 0 Å². The molecule has 0 amide bonds. The Morgan fingerprint density at radius 1 is 1.10 bits per heavy atom. The summed E-state index contributed by atoms with van der Waals surface area (Å²) < 4.78 is 2.25. The molecule has 7 nitrogen and oxygen atoms in total. The Labute approximate surface area is 173 Å². The maximum atomic E-state index is 4.79. The van der Waals surface area contributed by atoms with Crippen molar-refractivity contribution >= 4 is 5.96 Å². The minimum absolute atomic E-state index is 0.542. The van der Waals surface area contributed by atoms with Gasteiger partial charge in [0.25, 0.3) is 0 Å². The molecule has 4 rings (SSSR count). The summed E-state index contributed by atoms with van der Waals surface area (Å²) in [7, 11) is 0. The number of hydrogen-bond acceptors (Lipinski definition) is 4. The van der Waals surface area contributed by atoms with Gasteiger partial charge in [0.05, 0.1) is 0 Å². The maximum Gasteiger partial charge on any atom is 0.191 e. The number of rotatable bonds is 7. The summed E-state index contributed by atoms with van der Waals surface area (Å²) in [4.78, 5) is 7.37. The fourth-order valence-electron chi connectivity index (χ4n) is 4.34. The number of likely N-dealkylation sites (tertiary alicyclic amines) is 1. The average Bonchev–Trinajstić information content (AvgIpc) is 3.37. The molecule has 2 aliphatic rings. The fraction of sp³-hybridized carbons (Fsp3) is 0.591. The largest absolute Gasteiger partial charge is 0.357 e. The smallest absolute Gasteiger partial charge is 0.191 e. The lowest BCUT2D eigenvalue weighted by atomic mass is 10.2. The van der Waals surface area contributed by atoms with Crippen molar-refractivity contribution in [3.63, 3.8) is 0 Å². The van der Waals surface area contributed by atoms with E-state index in [-0.39, 0.29) is 0 Å². The van der Waals surface area contributed by atoms with Gasteiger partial charge in [-0.25, -0.2) is 4.99 Å². The Bertz CT molecular complexity index is 799. The van der Waals surface area contributed by atoms with E-state index in [1.807, 2.05) is 0 Å². The van der Waals surface area contributed by atoms with Crippen molar-refractivity contribution < 1.29 is 0 Å². The normalized spacial score (nSPS) is 19.9. The Morgan fingerprint density at radius 2 is 2.00 bits per heavy atom. The van der Waals surface area contributed by atoms with Gasteiger partial charge in [-0.15, -0.1) is 10.2 Å². The molecule has 156 valence electrons. The van der Waals surface area contributed by atoms with Gasteiger partial charge in [0.2, 0.25) is 0 Å². The Kier molecular flexibility index (Phi) is 6.77. The van der Waals surface area contributed by atoms with E-state index < -0.39 is 0 Å². The number of fused-ring (bicyclic) bond motifs is 1. The van der Waals surface area contributed by atoms with Crippen LogP contribution < -0.4 is 10.6 Å². The van der Waals surface area contributed by atoms with E-state index in [1.54, 1.807) is 0 Å². The highest BCUT2D eigenvalue weighted by molar-refractivity contribution is 5.79. The molecule has 0 saturated carbocycles. The summed E-state index contributed by atoms with van der Waals surface area (Å²) in [6.07, 6.45) is 5.95. The van der Waals surface area contributed by atoms with Crippen molar-refractivity contribution in [2.45, 2.75) is 64.7 Å². The van der Waals surface area contributed by atoms with Crippen LogP contribution in [0.4, 0.5) is 0 Å². The van der Waals surface area contributed by atoms with Crippen molar-refractivity contribution in [3.05, 3.63) is 47.5 Å². The second kappa shape index (κ2) is 9.87. The molecule has 0 aliphatic carbocycles. The van der Waals surface area contributed by atoms with Crippen LogP contribution in [-0.4, -0.2) is 51.3 Å². The molecule has 3 heterocycles. The van der Waals surface area contributed by atoms with Crippen molar-refractivity contribution in [1.29, 1.82) is 0 Å². The molecule has 1 atom stereocenters. The SMILES string of the molecule is CCNC(=NCc1nnc2n1CCCC2)NCC1CCCN1Cc1ccccc1. The van der Waals surface area contributed by atoms with Crippen LogP contribution in [-0.2, 0) is 26.1 Å². The third-order valence-corrected chi connectivity index (χ3v) is 5.89. The number of aromatic nitrogens is 3. The van der Waals surface area contributed by atoms with E-state index in [9.17, 15) is 0 Å². The molecular weight excluding hydrogens is 362 g/mol. The molecule has 1 aromatic heterocycles. The van der Waals surface area contributed by atoms with Crippen LogP contribution in [0.15, 0.2) is 35.3 Å². The van der Waals surface area contributed by atoms with Crippen LogP contribution in [0.3, 0.4) is 0 Å². The molecule has 2 N–H and O–H groups in total. The van der Waals surface area contributed by atoms with Crippen LogP contribution in [0.2, 0.25) is 0 Å². The molecule has 1 aromatic carbocycles. The number of aryl methyl sites for hydroxylation is 1. The minimum atomic E-state index is 0.542. The van der Waals surface area contributed by atoms with Crippen LogP contribution >= 0.6 is 0 Å². The van der Waals surface area contributed by atoms with Crippen molar-refractivity contribution in [2.24, 2.45) is 4.99 Å². The second-order valence-electron chi connectivity index (χ2n) is 7.97. The molecule has 0 bridgehead atoms. The molecule has 29 heavy (non-hydrogen) atoms. The number of nitrogens with zero attached hydrogens (tertiary/aromatic N) is 5. The molecule has 1 fully saturated rings. The number of benzene rings is 1. The molecule has 1 saturated heterocycles. The highest BCUT2D eigenvalue weighted by Gasteiger charge is 2.24. The number of aliphatic imine (C=N–C) groups is 1. The molecule has 0 radical (unpaired) electrons. The Morgan fingerprint density at radius 3 is 2.86 bits per heavy atom. The molecule has 2 aliphatic heterocycles. The van der Waals surface area contributed by atoms with Crippen molar-refractivity contribution in [1.82, 2.24) is 30.3 Å².